The van der Waals surface area contributed by atoms with E-state index < -0.39 is 17.6 Å². The number of hydrogen-bond donors (Lipinski definition) is 1. The van der Waals surface area contributed by atoms with Gasteiger partial charge in [0.25, 0.3) is 5.56 Å². The highest BCUT2D eigenvalue weighted by atomic mass is 79.9. The monoisotopic (exact) mass is 484 g/mol. The van der Waals surface area contributed by atoms with Crippen LogP contribution >= 0.6 is 15.9 Å². The quantitative estimate of drug-likeness (QED) is 0.617. The largest absolute Gasteiger partial charge is 0.449 e. The highest BCUT2D eigenvalue weighted by Gasteiger charge is 2.37. The van der Waals surface area contributed by atoms with Gasteiger partial charge in [0.1, 0.15) is 0 Å². The molecule has 7 nitrogen and oxygen atoms in total. The zero-order valence-corrected chi connectivity index (χ0v) is 17.7. The number of nitrogens with two attached hydrogens (primary N) is 1. The van der Waals surface area contributed by atoms with Crippen LogP contribution in [-0.4, -0.2) is 38.2 Å². The highest BCUT2D eigenvalue weighted by molar-refractivity contribution is 9.10. The maximum absolute atomic E-state index is 13.4. The van der Waals surface area contributed by atoms with Crippen molar-refractivity contribution < 1.29 is 13.2 Å². The molecule has 0 aliphatic carbocycles. The lowest BCUT2D eigenvalue weighted by Crippen LogP contribution is -2.44. The van der Waals surface area contributed by atoms with E-state index >= 15 is 0 Å². The summed E-state index contributed by atoms with van der Waals surface area (Å²) in [7, 11) is 1.07. The summed E-state index contributed by atoms with van der Waals surface area (Å²) in [6.07, 6.45) is -3.07. The first-order chi connectivity index (χ1) is 14.2. The van der Waals surface area contributed by atoms with Crippen molar-refractivity contribution in [2.75, 3.05) is 18.0 Å². The van der Waals surface area contributed by atoms with Gasteiger partial charge in [-0.1, -0.05) is 34.1 Å². The van der Waals surface area contributed by atoms with Crippen molar-refractivity contribution in [3.05, 3.63) is 50.5 Å². The van der Waals surface area contributed by atoms with E-state index in [4.69, 9.17) is 5.73 Å². The molecule has 1 aromatic carbocycles. The molecule has 1 aliphatic rings. The van der Waals surface area contributed by atoms with Gasteiger partial charge in [-0.25, -0.2) is 4.98 Å². The van der Waals surface area contributed by atoms with Gasteiger partial charge in [-0.05, 0) is 24.5 Å². The molecule has 2 N–H and O–H groups in total. The van der Waals surface area contributed by atoms with E-state index in [0.717, 1.165) is 29.9 Å². The molecule has 1 fully saturated rings. The third-order valence-electron chi connectivity index (χ3n) is 5.25. The van der Waals surface area contributed by atoms with Crippen molar-refractivity contribution in [1.29, 1.82) is 0 Å². The number of benzene rings is 1. The van der Waals surface area contributed by atoms with Crippen molar-refractivity contribution in [1.82, 2.24) is 19.1 Å². The number of piperidine rings is 1. The molecule has 0 amide bonds. The molecular weight excluding hydrogens is 465 g/mol. The number of halogens is 4. The van der Waals surface area contributed by atoms with Gasteiger partial charge in [0, 0.05) is 30.7 Å². The third-order valence-corrected chi connectivity index (χ3v) is 6.02. The molecule has 0 unspecified atom stereocenters. The Hall–Kier alpha value is -2.40. The van der Waals surface area contributed by atoms with Crippen LogP contribution in [0.1, 0.15) is 24.2 Å². The molecule has 0 spiro atoms. The van der Waals surface area contributed by atoms with Crippen molar-refractivity contribution in [3.63, 3.8) is 0 Å². The van der Waals surface area contributed by atoms with E-state index in [0.29, 0.717) is 23.6 Å². The lowest BCUT2D eigenvalue weighted by atomic mass is 10.1. The number of imidazole rings is 1. The molecule has 3 aromatic rings. The number of anilines is 1. The highest BCUT2D eigenvalue weighted by Crippen LogP contribution is 2.30. The predicted octanol–water partition coefficient (Wildman–Crippen LogP) is 2.89. The molecule has 0 bridgehead atoms. The number of fused-ring (bicyclic) bond motifs is 1. The van der Waals surface area contributed by atoms with Crippen molar-refractivity contribution in [2.24, 2.45) is 12.8 Å². The number of nitrogens with zero attached hydrogens (tertiary/aromatic N) is 5. The van der Waals surface area contributed by atoms with E-state index in [1.54, 1.807) is 4.57 Å². The average Bonchev–Trinajstić information content (AvgIpc) is 3.04. The van der Waals surface area contributed by atoms with Crippen LogP contribution in [0.5, 0.6) is 0 Å². The fraction of sp³-hybridized carbons (Fsp3) is 0.421. The summed E-state index contributed by atoms with van der Waals surface area (Å²) in [5, 5.41) is 0. The molecule has 0 radical (unpaired) electrons. The van der Waals surface area contributed by atoms with E-state index in [1.807, 2.05) is 29.2 Å². The van der Waals surface area contributed by atoms with Gasteiger partial charge in [0.05, 0.1) is 6.54 Å². The van der Waals surface area contributed by atoms with Crippen molar-refractivity contribution in [2.45, 2.75) is 31.6 Å². The normalized spacial score (nSPS) is 17.7. The second-order valence-electron chi connectivity index (χ2n) is 7.41. The first kappa shape index (κ1) is 20.9. The molecule has 160 valence electrons. The van der Waals surface area contributed by atoms with Crippen LogP contribution in [0.2, 0.25) is 0 Å². The van der Waals surface area contributed by atoms with Crippen LogP contribution in [0, 0.1) is 0 Å². The Morgan fingerprint density at radius 1 is 1.27 bits per heavy atom. The van der Waals surface area contributed by atoms with E-state index in [-0.39, 0.29) is 23.8 Å². The molecule has 0 saturated carbocycles. The third kappa shape index (κ3) is 3.71. The minimum atomic E-state index is -4.76. The van der Waals surface area contributed by atoms with Crippen molar-refractivity contribution >= 4 is 33.0 Å². The summed E-state index contributed by atoms with van der Waals surface area (Å²) in [5.41, 5.74) is 5.99. The van der Waals surface area contributed by atoms with Gasteiger partial charge in [0.2, 0.25) is 11.8 Å². The summed E-state index contributed by atoms with van der Waals surface area (Å²) in [4.78, 5) is 22.9. The second-order valence-corrected chi connectivity index (χ2v) is 8.26. The van der Waals surface area contributed by atoms with E-state index in [2.05, 4.69) is 25.9 Å². The second kappa shape index (κ2) is 7.69. The van der Waals surface area contributed by atoms with Crippen LogP contribution < -0.4 is 16.2 Å². The Balaban J connectivity index is 1.95. The molecule has 1 aliphatic heterocycles. The SMILES string of the molecule is Cn1c(C(F)(F)F)nc2nc(N3CCC[C@@H](N)C3)n(Cc3ccccc3Br)c2c1=O. The molecule has 4 rings (SSSR count). The summed E-state index contributed by atoms with van der Waals surface area (Å²) >= 11 is 3.49. The minimum Gasteiger partial charge on any atom is -0.341 e. The van der Waals surface area contributed by atoms with Crippen LogP contribution in [0.15, 0.2) is 33.5 Å². The summed E-state index contributed by atoms with van der Waals surface area (Å²) in [6, 6.07) is 7.39. The Morgan fingerprint density at radius 3 is 2.67 bits per heavy atom. The number of aromatic nitrogens is 4. The average molecular weight is 485 g/mol. The standard InChI is InChI=1S/C19H20BrF3N6O/c1-27-16(30)14-15(25-17(27)19(21,22)23)26-18(28-8-4-6-12(24)10-28)29(14)9-11-5-2-3-7-13(11)20/h2-3,5,7,12H,4,6,8-10,24H2,1H3/t12-/m1/s1. The summed E-state index contributed by atoms with van der Waals surface area (Å²) in [6.45, 7) is 1.41. The van der Waals surface area contributed by atoms with Crippen LogP contribution in [0.4, 0.5) is 19.1 Å². The van der Waals surface area contributed by atoms with Gasteiger partial charge in [0.15, 0.2) is 11.2 Å². The summed E-state index contributed by atoms with van der Waals surface area (Å²) in [5.74, 6) is -0.868. The van der Waals surface area contributed by atoms with Gasteiger partial charge < -0.3 is 10.6 Å². The first-order valence-corrected chi connectivity index (χ1v) is 10.2. The molecule has 1 atom stereocenters. The Labute approximate surface area is 178 Å². The molecule has 11 heteroatoms. The molecule has 2 aromatic heterocycles. The predicted molar refractivity (Wildman–Crippen MR) is 110 cm³/mol. The molecule has 3 heterocycles. The molecule has 30 heavy (non-hydrogen) atoms. The lowest BCUT2D eigenvalue weighted by Gasteiger charge is -2.32. The van der Waals surface area contributed by atoms with Gasteiger partial charge in [-0.15, -0.1) is 0 Å². The van der Waals surface area contributed by atoms with Crippen LogP contribution in [0.25, 0.3) is 11.2 Å². The Kier molecular flexibility index (Phi) is 5.35. The zero-order valence-electron chi connectivity index (χ0n) is 16.2. The van der Waals surface area contributed by atoms with Crippen molar-refractivity contribution in [3.8, 4) is 0 Å². The van der Waals surface area contributed by atoms with Gasteiger partial charge in [-0.3, -0.25) is 13.9 Å². The first-order valence-electron chi connectivity index (χ1n) is 9.45. The lowest BCUT2D eigenvalue weighted by molar-refractivity contribution is -0.147. The van der Waals surface area contributed by atoms with Crippen LogP contribution in [-0.2, 0) is 19.8 Å². The topological polar surface area (TPSA) is 82.0 Å². The number of alkyl halides is 3. The summed E-state index contributed by atoms with van der Waals surface area (Å²) < 4.78 is 43.1. The fourth-order valence-corrected chi connectivity index (χ4v) is 4.19. The number of rotatable bonds is 3. The zero-order chi connectivity index (χ0) is 21.6. The maximum Gasteiger partial charge on any atom is 0.449 e. The van der Waals surface area contributed by atoms with Gasteiger partial charge in [-0.2, -0.15) is 18.2 Å². The van der Waals surface area contributed by atoms with E-state index in [1.165, 1.54) is 0 Å². The van der Waals surface area contributed by atoms with E-state index in [9.17, 15) is 18.0 Å². The maximum atomic E-state index is 13.4. The Morgan fingerprint density at radius 2 is 2.00 bits per heavy atom. The minimum absolute atomic E-state index is 0.0374. The smallest absolute Gasteiger partial charge is 0.341 e. The van der Waals surface area contributed by atoms with Crippen LogP contribution in [0.3, 0.4) is 0 Å². The molecular formula is C19H20BrF3N6O. The van der Waals surface area contributed by atoms with Gasteiger partial charge >= 0.3 is 6.18 Å². The Bertz CT molecular complexity index is 1160. The molecule has 1 saturated heterocycles. The number of hydrogen-bond acceptors (Lipinski definition) is 5. The fourth-order valence-electron chi connectivity index (χ4n) is 3.78.